The lowest BCUT2D eigenvalue weighted by molar-refractivity contribution is -0.137. The van der Waals surface area contributed by atoms with Crippen molar-refractivity contribution in [2.75, 3.05) is 35.6 Å². The molecule has 0 bridgehead atoms. The maximum absolute atomic E-state index is 13.1. The minimum atomic E-state index is -4.68. The maximum Gasteiger partial charge on any atom is 0.416 e. The standard InChI is InChI=1S/C22H24F3N3O5S/c1-34(31,32)28(16-7-4-6-15(12-16)22(23,24)25)14-20(29)27-19-10-3-2-9-18(19)21(30)26-13-17-8-5-11-33-17/h2-4,6-7,9-10,12,17H,5,8,11,13-14H2,1H3,(H,26,30)(H,27,29)/t17-/m1/s1. The molecule has 184 valence electrons. The van der Waals surface area contributed by atoms with E-state index in [0.29, 0.717) is 23.5 Å². The molecule has 34 heavy (non-hydrogen) atoms. The zero-order valence-corrected chi connectivity index (χ0v) is 19.1. The van der Waals surface area contributed by atoms with Gasteiger partial charge in [0.1, 0.15) is 6.54 Å². The van der Waals surface area contributed by atoms with Gasteiger partial charge < -0.3 is 15.4 Å². The molecule has 1 aliphatic rings. The second-order valence-electron chi connectivity index (χ2n) is 7.76. The summed E-state index contributed by atoms with van der Waals surface area (Å²) in [6.45, 7) is 0.153. The molecular formula is C22H24F3N3O5S. The van der Waals surface area contributed by atoms with Gasteiger partial charge in [-0.05, 0) is 43.2 Å². The van der Waals surface area contributed by atoms with E-state index in [1.165, 1.54) is 12.1 Å². The molecule has 2 aromatic rings. The van der Waals surface area contributed by atoms with Crippen molar-refractivity contribution in [2.45, 2.75) is 25.1 Å². The lowest BCUT2D eigenvalue weighted by atomic mass is 10.1. The molecule has 0 aromatic heterocycles. The topological polar surface area (TPSA) is 105 Å². The summed E-state index contributed by atoms with van der Waals surface area (Å²) in [4.78, 5) is 25.3. The Morgan fingerprint density at radius 1 is 1.15 bits per heavy atom. The van der Waals surface area contributed by atoms with Crippen molar-refractivity contribution in [3.8, 4) is 0 Å². The van der Waals surface area contributed by atoms with E-state index in [0.717, 1.165) is 37.3 Å². The lowest BCUT2D eigenvalue weighted by Gasteiger charge is -2.23. The lowest BCUT2D eigenvalue weighted by Crippen LogP contribution is -2.38. The number of anilines is 2. The van der Waals surface area contributed by atoms with Crippen molar-refractivity contribution in [3.05, 3.63) is 59.7 Å². The molecule has 0 aliphatic carbocycles. The van der Waals surface area contributed by atoms with Gasteiger partial charge in [-0.3, -0.25) is 13.9 Å². The first kappa shape index (κ1) is 25.5. The van der Waals surface area contributed by atoms with E-state index >= 15 is 0 Å². The highest BCUT2D eigenvalue weighted by Crippen LogP contribution is 2.32. The van der Waals surface area contributed by atoms with Crippen molar-refractivity contribution in [2.24, 2.45) is 0 Å². The van der Waals surface area contributed by atoms with Crippen molar-refractivity contribution in [1.82, 2.24) is 5.32 Å². The molecule has 8 nitrogen and oxygen atoms in total. The first-order valence-corrected chi connectivity index (χ1v) is 12.2. The molecule has 0 spiro atoms. The van der Waals surface area contributed by atoms with Gasteiger partial charge in [-0.25, -0.2) is 8.42 Å². The van der Waals surface area contributed by atoms with Crippen LogP contribution in [-0.4, -0.2) is 52.3 Å². The van der Waals surface area contributed by atoms with E-state index in [2.05, 4.69) is 10.6 Å². The van der Waals surface area contributed by atoms with Crippen LogP contribution < -0.4 is 14.9 Å². The number of amides is 2. The third-order valence-corrected chi connectivity index (χ3v) is 6.25. The number of benzene rings is 2. The number of ether oxygens (including phenoxy) is 1. The minimum absolute atomic E-state index is 0.0820. The van der Waals surface area contributed by atoms with Gasteiger partial charge in [-0.2, -0.15) is 13.2 Å². The Balaban J connectivity index is 1.75. The van der Waals surface area contributed by atoms with E-state index in [1.807, 2.05) is 0 Å². The molecule has 2 aromatic carbocycles. The largest absolute Gasteiger partial charge is 0.416 e. The number of rotatable bonds is 8. The van der Waals surface area contributed by atoms with Gasteiger partial charge in [0.2, 0.25) is 15.9 Å². The Kier molecular flexibility index (Phi) is 7.82. The Morgan fingerprint density at radius 2 is 1.88 bits per heavy atom. The van der Waals surface area contributed by atoms with Crippen LogP contribution in [0, 0.1) is 0 Å². The fourth-order valence-corrected chi connectivity index (χ4v) is 4.30. The third-order valence-electron chi connectivity index (χ3n) is 5.11. The zero-order chi connectivity index (χ0) is 24.9. The average molecular weight is 500 g/mol. The van der Waals surface area contributed by atoms with Crippen LogP contribution in [0.3, 0.4) is 0 Å². The predicted octanol–water partition coefficient (Wildman–Crippen LogP) is 3.02. The average Bonchev–Trinajstić information content (AvgIpc) is 3.29. The first-order chi connectivity index (χ1) is 15.9. The number of hydrogen-bond donors (Lipinski definition) is 2. The van der Waals surface area contributed by atoms with E-state index in [1.54, 1.807) is 12.1 Å². The van der Waals surface area contributed by atoms with Crippen molar-refractivity contribution >= 4 is 33.2 Å². The number of carbonyl (C=O) groups is 2. The van der Waals surface area contributed by atoms with Crippen LogP contribution in [0.15, 0.2) is 48.5 Å². The molecule has 2 N–H and O–H groups in total. The van der Waals surface area contributed by atoms with Crippen LogP contribution >= 0.6 is 0 Å². The van der Waals surface area contributed by atoms with Crippen LogP contribution in [0.2, 0.25) is 0 Å². The number of carbonyl (C=O) groups excluding carboxylic acids is 2. The summed E-state index contributed by atoms with van der Waals surface area (Å²) in [7, 11) is -4.10. The summed E-state index contributed by atoms with van der Waals surface area (Å²) >= 11 is 0. The van der Waals surface area contributed by atoms with Gasteiger partial charge in [-0.15, -0.1) is 0 Å². The molecule has 2 amide bonds. The quantitative estimate of drug-likeness (QED) is 0.581. The van der Waals surface area contributed by atoms with E-state index in [-0.39, 0.29) is 23.0 Å². The number of nitrogens with zero attached hydrogens (tertiary/aromatic N) is 1. The van der Waals surface area contributed by atoms with Crippen molar-refractivity contribution in [3.63, 3.8) is 0 Å². The molecule has 0 saturated carbocycles. The molecule has 3 rings (SSSR count). The van der Waals surface area contributed by atoms with Crippen LogP contribution in [0.5, 0.6) is 0 Å². The van der Waals surface area contributed by atoms with Crippen molar-refractivity contribution < 1.29 is 35.9 Å². The number of sulfonamides is 1. The molecule has 1 fully saturated rings. The third kappa shape index (κ3) is 6.70. The van der Waals surface area contributed by atoms with Gasteiger partial charge in [0, 0.05) is 13.2 Å². The Hall–Kier alpha value is -3.12. The predicted molar refractivity (Wildman–Crippen MR) is 120 cm³/mol. The van der Waals surface area contributed by atoms with Crippen LogP contribution in [0.1, 0.15) is 28.8 Å². The van der Waals surface area contributed by atoms with Gasteiger partial charge in [0.05, 0.1) is 34.9 Å². The molecule has 0 unspecified atom stereocenters. The molecule has 1 atom stereocenters. The fourth-order valence-electron chi connectivity index (χ4n) is 3.45. The SMILES string of the molecule is CS(=O)(=O)N(CC(=O)Nc1ccccc1C(=O)NC[C@H]1CCCO1)c1cccc(C(F)(F)F)c1. The molecular weight excluding hydrogens is 475 g/mol. The monoisotopic (exact) mass is 499 g/mol. The summed E-state index contributed by atoms with van der Waals surface area (Å²) in [5, 5.41) is 5.21. The van der Waals surface area contributed by atoms with E-state index in [9.17, 15) is 31.2 Å². The van der Waals surface area contributed by atoms with Crippen LogP contribution in [0.25, 0.3) is 0 Å². The van der Waals surface area contributed by atoms with Gasteiger partial charge >= 0.3 is 6.18 Å². The van der Waals surface area contributed by atoms with E-state index < -0.39 is 40.1 Å². The number of halogens is 3. The fraction of sp³-hybridized carbons (Fsp3) is 0.364. The highest BCUT2D eigenvalue weighted by molar-refractivity contribution is 7.92. The maximum atomic E-state index is 13.1. The molecule has 0 radical (unpaired) electrons. The summed E-state index contributed by atoms with van der Waals surface area (Å²) in [5.41, 5.74) is -1.07. The zero-order valence-electron chi connectivity index (χ0n) is 18.3. The Morgan fingerprint density at radius 3 is 2.53 bits per heavy atom. The number of hydrogen-bond acceptors (Lipinski definition) is 5. The van der Waals surface area contributed by atoms with Crippen LogP contribution in [-0.2, 0) is 25.7 Å². The van der Waals surface area contributed by atoms with E-state index in [4.69, 9.17) is 4.74 Å². The Bertz CT molecular complexity index is 1150. The number of alkyl halides is 3. The molecule has 12 heteroatoms. The number of para-hydroxylation sites is 1. The van der Waals surface area contributed by atoms with Gasteiger partial charge in [0.25, 0.3) is 5.91 Å². The minimum Gasteiger partial charge on any atom is -0.376 e. The first-order valence-electron chi connectivity index (χ1n) is 10.4. The molecule has 1 heterocycles. The smallest absolute Gasteiger partial charge is 0.376 e. The second-order valence-corrected chi connectivity index (χ2v) is 9.66. The normalized spacial score (nSPS) is 16.2. The highest BCUT2D eigenvalue weighted by Gasteiger charge is 2.32. The number of nitrogens with one attached hydrogen (secondary N) is 2. The molecule has 1 aliphatic heterocycles. The second kappa shape index (κ2) is 10.4. The summed E-state index contributed by atoms with van der Waals surface area (Å²) in [6.07, 6.45) is -2.24. The van der Waals surface area contributed by atoms with Gasteiger partial charge in [-0.1, -0.05) is 18.2 Å². The Labute approximate surface area is 195 Å². The summed E-state index contributed by atoms with van der Waals surface area (Å²) in [5.74, 6) is -1.29. The summed E-state index contributed by atoms with van der Waals surface area (Å²) in [6, 6.07) is 9.81. The van der Waals surface area contributed by atoms with Crippen LogP contribution in [0.4, 0.5) is 24.5 Å². The van der Waals surface area contributed by atoms with Gasteiger partial charge in [0.15, 0.2) is 0 Å². The highest BCUT2D eigenvalue weighted by atomic mass is 32.2. The molecule has 1 saturated heterocycles. The van der Waals surface area contributed by atoms with Crippen molar-refractivity contribution in [1.29, 1.82) is 0 Å². The summed E-state index contributed by atoms with van der Waals surface area (Å²) < 4.78 is 69.7.